The van der Waals surface area contributed by atoms with E-state index >= 15 is 0 Å². The molecule has 3 aliphatic rings. The molecular weight excluding hydrogens is 836 g/mol. The maximum atomic E-state index is 6.96. The molecule has 0 amide bonds. The van der Waals surface area contributed by atoms with Crippen LogP contribution in [0.25, 0.3) is 11.0 Å². The van der Waals surface area contributed by atoms with Crippen molar-refractivity contribution < 1.29 is 4.42 Å². The van der Waals surface area contributed by atoms with Gasteiger partial charge in [0.15, 0.2) is 0 Å². The fraction of sp³-hybridized carbons (Fsp3) is 0.477. The Morgan fingerprint density at radius 3 is 2.04 bits per heavy atom. The van der Waals surface area contributed by atoms with Crippen molar-refractivity contribution in [1.82, 2.24) is 4.90 Å². The largest absolute Gasteiger partial charge is 0.470 e. The summed E-state index contributed by atoms with van der Waals surface area (Å²) in [5.41, 5.74) is 14.5. The minimum atomic E-state index is -0.181. The lowest BCUT2D eigenvalue weighted by Gasteiger charge is -2.42. The first-order valence-corrected chi connectivity index (χ1v) is 26.3. The Labute approximate surface area is 421 Å². The molecule has 1 aromatic heterocycles. The summed E-state index contributed by atoms with van der Waals surface area (Å²) in [6.45, 7) is 48.6. The predicted molar refractivity (Wildman–Crippen MR) is 304 cm³/mol. The molecule has 6 rings (SSSR count). The third-order valence-corrected chi connectivity index (χ3v) is 15.9. The smallest absolute Gasteiger partial charge is 0.286 e. The van der Waals surface area contributed by atoms with Gasteiger partial charge in [0.1, 0.15) is 5.58 Å². The number of allylic oxidation sites excluding steroid dienone is 14. The molecule has 0 radical (unpaired) electrons. The van der Waals surface area contributed by atoms with E-state index < -0.39 is 0 Å². The van der Waals surface area contributed by atoms with Crippen LogP contribution in [-0.2, 0) is 10.8 Å². The van der Waals surface area contributed by atoms with Gasteiger partial charge >= 0.3 is 0 Å². The van der Waals surface area contributed by atoms with Gasteiger partial charge in [0.25, 0.3) is 6.71 Å². The van der Waals surface area contributed by atoms with Crippen LogP contribution in [-0.4, -0.2) is 11.6 Å². The number of furan rings is 1. The molecule has 368 valence electrons. The quantitative estimate of drug-likeness (QED) is 0.0881. The lowest BCUT2D eigenvalue weighted by atomic mass is 9.40. The first-order chi connectivity index (χ1) is 32.1. The Bertz CT molecular complexity index is 2610. The standard InChI is InChI=1S/C65H89BN2O/c1-20-22-58(67-52-31-28-50(29-32-52)61(8,9)10)57-43-68(38-35-56-55(64(16,17)36-37-65(56,18)19)33-25-47-23-26-48(27-24-47)44(3)4)53(41-54(45(5)6)46(7)63(14,15)21-2)42-66(57)60-40-49-39-51(62(11,12)13)30-34-59(49)69-60/h20,22-23,25-35,38-40,42-45,47,54,67H,1,7,21,24,36-37,41H2,2-6,8-19H3/b33-25+,38-35+,58-22+. The van der Waals surface area contributed by atoms with Crippen LogP contribution in [0.3, 0.4) is 0 Å². The normalized spacial score (nSPS) is 19.8. The minimum Gasteiger partial charge on any atom is -0.470 e. The second-order valence-corrected chi connectivity index (χ2v) is 25.3. The Balaban J connectivity index is 1.56. The molecule has 0 fully saturated rings. The topological polar surface area (TPSA) is 28.4 Å². The number of benzene rings is 2. The second kappa shape index (κ2) is 20.8. The Kier molecular flexibility index (Phi) is 16.1. The number of hydrogen-bond acceptors (Lipinski definition) is 3. The molecule has 3 nitrogen and oxygen atoms in total. The molecular formula is C65H89BN2O. The van der Waals surface area contributed by atoms with E-state index in [1.807, 2.05) is 6.08 Å². The van der Waals surface area contributed by atoms with Gasteiger partial charge in [-0.05, 0) is 159 Å². The van der Waals surface area contributed by atoms with Crippen molar-refractivity contribution in [3.63, 3.8) is 0 Å². The molecule has 1 aliphatic heterocycles. The highest BCUT2D eigenvalue weighted by Gasteiger charge is 2.39. The first kappa shape index (κ1) is 53.4. The molecule has 2 unspecified atom stereocenters. The lowest BCUT2D eigenvalue weighted by molar-refractivity contribution is 0.272. The van der Waals surface area contributed by atoms with Crippen molar-refractivity contribution in [3.05, 3.63) is 179 Å². The highest BCUT2D eigenvalue weighted by molar-refractivity contribution is 6.84. The summed E-state index contributed by atoms with van der Waals surface area (Å²) in [5, 5.41) is 5.01. The average Bonchev–Trinajstić information content (AvgIpc) is 3.71. The number of hydrogen-bond donors (Lipinski definition) is 1. The predicted octanol–water partition coefficient (Wildman–Crippen LogP) is 18.1. The molecule has 2 atom stereocenters. The van der Waals surface area contributed by atoms with Gasteiger partial charge in [-0.15, -0.1) is 0 Å². The summed E-state index contributed by atoms with van der Waals surface area (Å²) < 4.78 is 6.96. The van der Waals surface area contributed by atoms with Crippen LogP contribution >= 0.6 is 0 Å². The number of nitrogens with zero attached hydrogens (tertiary/aromatic N) is 1. The van der Waals surface area contributed by atoms with E-state index in [2.05, 4.69) is 244 Å². The third-order valence-electron chi connectivity index (χ3n) is 15.9. The maximum absolute atomic E-state index is 6.96. The second-order valence-electron chi connectivity index (χ2n) is 25.3. The number of rotatable bonds is 16. The van der Waals surface area contributed by atoms with Gasteiger partial charge < -0.3 is 14.6 Å². The molecule has 4 heteroatoms. The molecule has 0 saturated carbocycles. The van der Waals surface area contributed by atoms with Gasteiger partial charge in [0, 0.05) is 34.9 Å². The van der Waals surface area contributed by atoms with E-state index in [9.17, 15) is 0 Å². The van der Waals surface area contributed by atoms with Crippen molar-refractivity contribution in [2.45, 2.75) is 161 Å². The van der Waals surface area contributed by atoms with Gasteiger partial charge in [-0.1, -0.05) is 197 Å². The van der Waals surface area contributed by atoms with Gasteiger partial charge in [-0.2, -0.15) is 0 Å². The fourth-order valence-electron chi connectivity index (χ4n) is 10.3. The van der Waals surface area contributed by atoms with Gasteiger partial charge in [-0.25, -0.2) is 0 Å². The van der Waals surface area contributed by atoms with E-state index in [1.165, 1.54) is 39.1 Å². The highest BCUT2D eigenvalue weighted by atomic mass is 16.3. The summed E-state index contributed by atoms with van der Waals surface area (Å²) in [4.78, 5) is 2.43. The first-order valence-electron chi connectivity index (χ1n) is 26.3. The van der Waals surface area contributed by atoms with Crippen molar-refractivity contribution in [3.8, 4) is 0 Å². The van der Waals surface area contributed by atoms with E-state index in [0.717, 1.165) is 65.6 Å². The van der Waals surface area contributed by atoms with E-state index in [1.54, 1.807) is 0 Å². The number of fused-ring (bicyclic) bond motifs is 1. The molecule has 0 bridgehead atoms. The van der Waals surface area contributed by atoms with Gasteiger partial charge in [-0.3, -0.25) is 0 Å². The van der Waals surface area contributed by atoms with Crippen LogP contribution in [0.2, 0.25) is 0 Å². The Hall–Kier alpha value is -4.96. The molecule has 2 heterocycles. The van der Waals surface area contributed by atoms with Gasteiger partial charge in [0.2, 0.25) is 0 Å². The van der Waals surface area contributed by atoms with Crippen molar-refractivity contribution in [2.75, 3.05) is 5.32 Å². The van der Waals surface area contributed by atoms with E-state index in [0.29, 0.717) is 17.8 Å². The molecule has 3 aromatic rings. The number of nitrogens with one attached hydrogen (secondary N) is 1. The molecule has 0 spiro atoms. The zero-order chi connectivity index (χ0) is 50.9. The van der Waals surface area contributed by atoms with Crippen LogP contribution in [0.4, 0.5) is 5.69 Å². The zero-order valence-corrected chi connectivity index (χ0v) is 46.2. The monoisotopic (exact) mass is 925 g/mol. The molecule has 2 aromatic carbocycles. The number of anilines is 1. The lowest BCUT2D eigenvalue weighted by Crippen LogP contribution is -2.38. The van der Waals surface area contributed by atoms with E-state index in [-0.39, 0.29) is 39.7 Å². The zero-order valence-electron chi connectivity index (χ0n) is 46.2. The van der Waals surface area contributed by atoms with Crippen LogP contribution in [0.1, 0.15) is 161 Å². The molecule has 0 saturated heterocycles. The van der Waals surface area contributed by atoms with Crippen LogP contribution in [0, 0.1) is 39.9 Å². The molecule has 2 aliphatic carbocycles. The Morgan fingerprint density at radius 1 is 0.870 bits per heavy atom. The van der Waals surface area contributed by atoms with Crippen molar-refractivity contribution >= 4 is 29.0 Å². The van der Waals surface area contributed by atoms with Crippen LogP contribution < -0.4 is 11.0 Å². The summed E-state index contributed by atoms with van der Waals surface area (Å²) in [5.74, 6) is 4.09. The van der Waals surface area contributed by atoms with Crippen LogP contribution in [0.15, 0.2) is 172 Å². The SMILES string of the molecule is C=C/C=C(/Nc1ccc(C(C)(C)C)cc1)C1=CN(/C=C/C2=C(/C=C/C3C=CC(C(C)C)=CC3)C(C)(C)CCC2(C)C)C(CC(C(=C)C(C)(C)CC)C(C)C)=CB1c1cc2cc(C(C)(C)C)ccc2o1. The van der Waals surface area contributed by atoms with Gasteiger partial charge in [0.05, 0.1) is 5.66 Å². The Morgan fingerprint density at radius 2 is 1.49 bits per heavy atom. The summed E-state index contributed by atoms with van der Waals surface area (Å²) in [7, 11) is 0. The maximum Gasteiger partial charge on any atom is 0.286 e. The highest BCUT2D eigenvalue weighted by Crippen LogP contribution is 2.50. The summed E-state index contributed by atoms with van der Waals surface area (Å²) >= 11 is 0. The molecule has 69 heavy (non-hydrogen) atoms. The summed E-state index contributed by atoms with van der Waals surface area (Å²) in [6, 6.07) is 17.9. The van der Waals surface area contributed by atoms with Crippen LogP contribution in [0.5, 0.6) is 0 Å². The fourth-order valence-corrected chi connectivity index (χ4v) is 10.3. The van der Waals surface area contributed by atoms with Crippen molar-refractivity contribution in [2.24, 2.45) is 39.9 Å². The third kappa shape index (κ3) is 12.5. The minimum absolute atomic E-state index is 0.00444. The average molecular weight is 925 g/mol. The molecule has 1 N–H and O–H groups in total. The van der Waals surface area contributed by atoms with E-state index in [4.69, 9.17) is 11.0 Å². The van der Waals surface area contributed by atoms with Crippen molar-refractivity contribution in [1.29, 1.82) is 0 Å². The summed E-state index contributed by atoms with van der Waals surface area (Å²) in [6.07, 6.45) is 28.6.